The third kappa shape index (κ3) is 2.94. The Morgan fingerprint density at radius 3 is 2.75 bits per heavy atom. The van der Waals surface area contributed by atoms with Gasteiger partial charge in [-0.25, -0.2) is 0 Å². The average molecular weight is 396 g/mol. The summed E-state index contributed by atoms with van der Waals surface area (Å²) in [6, 6.07) is 8.57. The molecule has 0 unspecified atom stereocenters. The molecule has 0 fully saturated rings. The first kappa shape index (κ1) is 14.2. The van der Waals surface area contributed by atoms with Crippen molar-refractivity contribution < 1.29 is 4.74 Å². The zero-order valence-electron chi connectivity index (χ0n) is 11.2. The summed E-state index contributed by atoms with van der Waals surface area (Å²) in [6.07, 6.45) is 7.45. The van der Waals surface area contributed by atoms with Crippen LogP contribution < -0.4 is 0 Å². The number of alkyl halides is 1. The van der Waals surface area contributed by atoms with Crippen molar-refractivity contribution in [3.63, 3.8) is 0 Å². The molecule has 0 aromatic heterocycles. The van der Waals surface area contributed by atoms with Crippen molar-refractivity contribution in [1.29, 1.82) is 0 Å². The topological polar surface area (TPSA) is 9.23 Å². The third-order valence-corrected chi connectivity index (χ3v) is 4.67. The van der Waals surface area contributed by atoms with Crippen LogP contribution in [0.5, 0.6) is 0 Å². The molecule has 1 aromatic carbocycles. The fourth-order valence-electron chi connectivity index (χ4n) is 2.70. The first-order valence-corrected chi connectivity index (χ1v) is 8.73. The highest BCUT2D eigenvalue weighted by Crippen LogP contribution is 2.37. The van der Waals surface area contributed by atoms with E-state index in [9.17, 15) is 0 Å². The molecule has 0 spiro atoms. The van der Waals surface area contributed by atoms with Crippen LogP contribution in [0, 0.1) is 0 Å². The molecule has 3 heteroatoms. The van der Waals surface area contributed by atoms with Gasteiger partial charge in [-0.3, -0.25) is 0 Å². The quantitative estimate of drug-likeness (QED) is 0.608. The number of allylic oxidation sites excluding steroid dienone is 5. The first-order valence-electron chi connectivity index (χ1n) is 6.82. The summed E-state index contributed by atoms with van der Waals surface area (Å²) in [4.78, 5) is 0. The second-order valence-electron chi connectivity index (χ2n) is 5.05. The molecule has 104 valence electrons. The van der Waals surface area contributed by atoms with Gasteiger partial charge in [-0.2, -0.15) is 0 Å². The second kappa shape index (κ2) is 6.31. The van der Waals surface area contributed by atoms with E-state index >= 15 is 0 Å². The van der Waals surface area contributed by atoms with Gasteiger partial charge in [0.2, 0.25) is 0 Å². The largest absolute Gasteiger partial charge is 0.489 e. The molecular weight excluding hydrogens is 380 g/mol. The molecule has 0 amide bonds. The van der Waals surface area contributed by atoms with E-state index in [1.54, 1.807) is 0 Å². The van der Waals surface area contributed by atoms with E-state index in [1.807, 2.05) is 0 Å². The Kier molecular flexibility index (Phi) is 4.47. The maximum Gasteiger partial charge on any atom is 0.124 e. The van der Waals surface area contributed by atoms with Crippen LogP contribution in [0.15, 0.2) is 57.8 Å². The molecule has 0 saturated carbocycles. The summed E-state index contributed by atoms with van der Waals surface area (Å²) in [7, 11) is 0. The van der Waals surface area contributed by atoms with Crippen molar-refractivity contribution in [3.05, 3.63) is 68.9 Å². The van der Waals surface area contributed by atoms with Gasteiger partial charge in [-0.15, -0.1) is 0 Å². The predicted molar refractivity (Wildman–Crippen MR) is 90.1 cm³/mol. The lowest BCUT2D eigenvalue weighted by Crippen LogP contribution is -2.04. The van der Waals surface area contributed by atoms with Crippen molar-refractivity contribution >= 4 is 31.9 Å². The Morgan fingerprint density at radius 1 is 1.15 bits per heavy atom. The van der Waals surface area contributed by atoms with Crippen LogP contribution >= 0.6 is 31.9 Å². The SMILES string of the molecule is BrCC/C=C1/CC(Br)=CC2=C1Cc1ccccc1CO2. The van der Waals surface area contributed by atoms with Gasteiger partial charge in [-0.05, 0) is 29.2 Å². The summed E-state index contributed by atoms with van der Waals surface area (Å²) >= 11 is 7.14. The lowest BCUT2D eigenvalue weighted by atomic mass is 9.90. The molecule has 0 radical (unpaired) electrons. The summed E-state index contributed by atoms with van der Waals surface area (Å²) in [5.74, 6) is 1.03. The number of benzene rings is 1. The molecule has 2 aliphatic rings. The van der Waals surface area contributed by atoms with Crippen molar-refractivity contribution in [3.8, 4) is 0 Å². The molecular formula is C17H16Br2O. The highest BCUT2D eigenvalue weighted by atomic mass is 79.9. The lowest BCUT2D eigenvalue weighted by molar-refractivity contribution is 0.210. The molecule has 1 aliphatic heterocycles. The smallest absolute Gasteiger partial charge is 0.124 e. The number of halogens is 2. The van der Waals surface area contributed by atoms with E-state index in [0.717, 1.165) is 30.4 Å². The van der Waals surface area contributed by atoms with Crippen LogP contribution in [-0.2, 0) is 17.8 Å². The van der Waals surface area contributed by atoms with Gasteiger partial charge >= 0.3 is 0 Å². The number of ether oxygens (including phenoxy) is 1. The molecule has 0 atom stereocenters. The van der Waals surface area contributed by atoms with Gasteiger partial charge in [0.1, 0.15) is 12.4 Å². The van der Waals surface area contributed by atoms with E-state index in [2.05, 4.69) is 68.3 Å². The molecule has 1 nitrogen and oxygen atoms in total. The minimum absolute atomic E-state index is 0.664. The van der Waals surface area contributed by atoms with Crippen molar-refractivity contribution in [2.24, 2.45) is 0 Å². The molecule has 1 aromatic rings. The van der Waals surface area contributed by atoms with Crippen LogP contribution in [0.25, 0.3) is 0 Å². The van der Waals surface area contributed by atoms with Crippen LogP contribution in [-0.4, -0.2) is 5.33 Å². The monoisotopic (exact) mass is 394 g/mol. The number of rotatable bonds is 2. The van der Waals surface area contributed by atoms with Crippen LogP contribution in [0.1, 0.15) is 24.0 Å². The highest BCUT2D eigenvalue weighted by molar-refractivity contribution is 9.11. The van der Waals surface area contributed by atoms with Crippen LogP contribution in [0.3, 0.4) is 0 Å². The summed E-state index contributed by atoms with van der Waals surface area (Å²) in [5, 5.41) is 0.998. The minimum atomic E-state index is 0.664. The minimum Gasteiger partial charge on any atom is -0.489 e. The van der Waals surface area contributed by atoms with E-state index < -0.39 is 0 Å². The van der Waals surface area contributed by atoms with Gasteiger partial charge < -0.3 is 4.74 Å². The maximum atomic E-state index is 6.03. The summed E-state index contributed by atoms with van der Waals surface area (Å²) < 4.78 is 7.23. The van der Waals surface area contributed by atoms with Gasteiger partial charge in [0.15, 0.2) is 0 Å². The standard InChI is InChI=1S/C17H16Br2O/c18-7-3-6-13-8-15(19)10-17-16(13)9-12-4-1-2-5-14(12)11-20-17/h1-2,4-6,10H,3,7-9,11H2/b13-6-. The Labute approximate surface area is 136 Å². The molecule has 0 N–H and O–H groups in total. The molecule has 1 aliphatic carbocycles. The van der Waals surface area contributed by atoms with E-state index in [1.165, 1.54) is 26.8 Å². The van der Waals surface area contributed by atoms with E-state index in [-0.39, 0.29) is 0 Å². The Morgan fingerprint density at radius 2 is 1.95 bits per heavy atom. The van der Waals surface area contributed by atoms with Crippen molar-refractivity contribution in [2.45, 2.75) is 25.9 Å². The number of fused-ring (bicyclic) bond motifs is 1. The number of hydrogen-bond acceptors (Lipinski definition) is 1. The summed E-state index contributed by atoms with van der Waals surface area (Å²) in [5.41, 5.74) is 5.42. The fourth-order valence-corrected chi connectivity index (χ4v) is 3.44. The number of hydrogen-bond donors (Lipinski definition) is 0. The zero-order chi connectivity index (χ0) is 13.9. The van der Waals surface area contributed by atoms with E-state index in [0.29, 0.717) is 6.61 Å². The molecule has 0 bridgehead atoms. The highest BCUT2D eigenvalue weighted by Gasteiger charge is 2.22. The lowest BCUT2D eigenvalue weighted by Gasteiger charge is -2.19. The molecule has 3 rings (SSSR count). The maximum absolute atomic E-state index is 6.03. The van der Waals surface area contributed by atoms with Gasteiger partial charge in [-0.1, -0.05) is 62.2 Å². The average Bonchev–Trinajstić information content (AvgIpc) is 2.64. The Bertz CT molecular complexity index is 611. The normalized spacial score (nSPS) is 19.9. The molecule has 20 heavy (non-hydrogen) atoms. The van der Waals surface area contributed by atoms with Crippen LogP contribution in [0.4, 0.5) is 0 Å². The van der Waals surface area contributed by atoms with Gasteiger partial charge in [0.05, 0.1) is 0 Å². The van der Waals surface area contributed by atoms with Gasteiger partial charge in [0, 0.05) is 28.2 Å². The molecule has 0 saturated heterocycles. The van der Waals surface area contributed by atoms with Gasteiger partial charge in [0.25, 0.3) is 0 Å². The predicted octanol–water partition coefficient (Wildman–Crippen LogP) is 5.41. The summed E-state index contributed by atoms with van der Waals surface area (Å²) in [6.45, 7) is 0.664. The zero-order valence-corrected chi connectivity index (χ0v) is 14.3. The Balaban J connectivity index is 2.01. The Hall–Kier alpha value is -0.800. The second-order valence-corrected chi connectivity index (χ2v) is 6.86. The molecule has 1 heterocycles. The van der Waals surface area contributed by atoms with Crippen molar-refractivity contribution in [2.75, 3.05) is 5.33 Å². The first-order chi connectivity index (χ1) is 9.78. The van der Waals surface area contributed by atoms with Crippen LogP contribution in [0.2, 0.25) is 0 Å². The van der Waals surface area contributed by atoms with Crippen molar-refractivity contribution in [1.82, 2.24) is 0 Å². The third-order valence-electron chi connectivity index (χ3n) is 3.70. The van der Waals surface area contributed by atoms with E-state index in [4.69, 9.17) is 4.74 Å². The fraction of sp³-hybridized carbons (Fsp3) is 0.294.